The average Bonchev–Trinajstić information content (AvgIpc) is 2.35. The summed E-state index contributed by atoms with van der Waals surface area (Å²) in [5.74, 6) is 0.626. The van der Waals surface area contributed by atoms with Crippen molar-refractivity contribution >= 4 is 28.3 Å². The van der Waals surface area contributed by atoms with Crippen molar-refractivity contribution in [1.29, 1.82) is 0 Å². The third-order valence-electron chi connectivity index (χ3n) is 3.61. The first-order valence-electron chi connectivity index (χ1n) is 6.50. The number of hydrogen-bond acceptors (Lipinski definition) is 2. The van der Waals surface area contributed by atoms with Crippen LogP contribution in [-0.2, 0) is 6.54 Å². The number of benzene rings is 1. The maximum Gasteiger partial charge on any atom is 0.124 e. The molecule has 0 bridgehead atoms. The van der Waals surface area contributed by atoms with Gasteiger partial charge in [-0.2, -0.15) is 0 Å². The Labute approximate surface area is 129 Å². The lowest BCUT2D eigenvalue weighted by Crippen LogP contribution is -2.36. The van der Waals surface area contributed by atoms with E-state index in [4.69, 9.17) is 0 Å². The summed E-state index contributed by atoms with van der Waals surface area (Å²) in [6.45, 7) is 4.30. The van der Waals surface area contributed by atoms with E-state index in [0.29, 0.717) is 0 Å². The fourth-order valence-electron chi connectivity index (χ4n) is 2.53. The SMILES string of the molecule is CNCC1CCN(Cc2ccc(F)cc2Br)CC1.Cl. The van der Waals surface area contributed by atoms with E-state index < -0.39 is 0 Å². The maximum absolute atomic E-state index is 13.0. The van der Waals surface area contributed by atoms with Crippen LogP contribution in [0.25, 0.3) is 0 Å². The highest BCUT2D eigenvalue weighted by Crippen LogP contribution is 2.23. The van der Waals surface area contributed by atoms with E-state index in [-0.39, 0.29) is 18.2 Å². The van der Waals surface area contributed by atoms with Gasteiger partial charge in [0.25, 0.3) is 0 Å². The van der Waals surface area contributed by atoms with Crippen LogP contribution in [-0.4, -0.2) is 31.6 Å². The summed E-state index contributed by atoms with van der Waals surface area (Å²) in [5.41, 5.74) is 1.17. The molecule has 1 saturated heterocycles. The molecule has 0 spiro atoms. The van der Waals surface area contributed by atoms with Gasteiger partial charge in [-0.15, -0.1) is 12.4 Å². The van der Waals surface area contributed by atoms with Crippen LogP contribution in [0.2, 0.25) is 0 Å². The van der Waals surface area contributed by atoms with E-state index >= 15 is 0 Å². The van der Waals surface area contributed by atoms with Crippen LogP contribution in [0.5, 0.6) is 0 Å². The molecule has 0 radical (unpaired) electrons. The Bertz CT molecular complexity index is 395. The highest BCUT2D eigenvalue weighted by atomic mass is 79.9. The Morgan fingerprint density at radius 2 is 2.05 bits per heavy atom. The number of likely N-dealkylation sites (tertiary alicyclic amines) is 1. The zero-order valence-electron chi connectivity index (χ0n) is 11.2. The van der Waals surface area contributed by atoms with Gasteiger partial charge in [0, 0.05) is 11.0 Å². The summed E-state index contributed by atoms with van der Waals surface area (Å²) < 4.78 is 13.9. The maximum atomic E-state index is 13.0. The summed E-state index contributed by atoms with van der Waals surface area (Å²) >= 11 is 3.43. The van der Waals surface area contributed by atoms with Gasteiger partial charge >= 0.3 is 0 Å². The minimum absolute atomic E-state index is 0. The van der Waals surface area contributed by atoms with Crippen molar-refractivity contribution in [3.05, 3.63) is 34.1 Å². The lowest BCUT2D eigenvalue weighted by atomic mass is 9.96. The zero-order chi connectivity index (χ0) is 13.0. The molecule has 0 unspecified atom stereocenters. The fourth-order valence-corrected chi connectivity index (χ4v) is 3.00. The summed E-state index contributed by atoms with van der Waals surface area (Å²) in [4.78, 5) is 2.45. The minimum Gasteiger partial charge on any atom is -0.319 e. The quantitative estimate of drug-likeness (QED) is 0.894. The minimum atomic E-state index is -0.182. The van der Waals surface area contributed by atoms with Gasteiger partial charge in [-0.25, -0.2) is 4.39 Å². The van der Waals surface area contributed by atoms with E-state index in [1.807, 2.05) is 13.1 Å². The number of rotatable bonds is 4. The van der Waals surface area contributed by atoms with Gasteiger partial charge < -0.3 is 5.32 Å². The van der Waals surface area contributed by atoms with Crippen LogP contribution in [0.1, 0.15) is 18.4 Å². The number of hydrogen-bond donors (Lipinski definition) is 1. The number of nitrogens with zero attached hydrogens (tertiary/aromatic N) is 1. The van der Waals surface area contributed by atoms with Crippen molar-refractivity contribution in [3.63, 3.8) is 0 Å². The Morgan fingerprint density at radius 1 is 1.37 bits per heavy atom. The first-order chi connectivity index (χ1) is 8.69. The van der Waals surface area contributed by atoms with Crippen LogP contribution >= 0.6 is 28.3 Å². The topological polar surface area (TPSA) is 15.3 Å². The molecule has 1 fully saturated rings. The van der Waals surface area contributed by atoms with Crippen molar-refractivity contribution in [2.45, 2.75) is 19.4 Å². The van der Waals surface area contributed by atoms with Gasteiger partial charge in [0.1, 0.15) is 5.82 Å². The molecule has 1 aliphatic rings. The predicted molar refractivity (Wildman–Crippen MR) is 83.3 cm³/mol. The summed E-state index contributed by atoms with van der Waals surface area (Å²) in [6.07, 6.45) is 2.50. The third kappa shape index (κ3) is 5.03. The van der Waals surface area contributed by atoms with Crippen LogP contribution in [0, 0.1) is 11.7 Å². The second-order valence-electron chi connectivity index (χ2n) is 5.01. The fraction of sp³-hybridized carbons (Fsp3) is 0.571. The van der Waals surface area contributed by atoms with E-state index in [0.717, 1.165) is 36.6 Å². The molecule has 2 rings (SSSR count). The average molecular weight is 352 g/mol. The van der Waals surface area contributed by atoms with Crippen LogP contribution in [0.3, 0.4) is 0 Å². The largest absolute Gasteiger partial charge is 0.319 e. The second-order valence-corrected chi connectivity index (χ2v) is 5.87. The van der Waals surface area contributed by atoms with Crippen molar-refractivity contribution in [2.75, 3.05) is 26.7 Å². The Balaban J connectivity index is 0.00000180. The normalized spacial score (nSPS) is 17.2. The summed E-state index contributed by atoms with van der Waals surface area (Å²) in [6, 6.07) is 4.95. The van der Waals surface area contributed by atoms with E-state index in [9.17, 15) is 4.39 Å². The highest BCUT2D eigenvalue weighted by molar-refractivity contribution is 9.10. The molecule has 0 amide bonds. The molecule has 1 heterocycles. The van der Waals surface area contributed by atoms with Crippen LogP contribution < -0.4 is 5.32 Å². The van der Waals surface area contributed by atoms with E-state index in [1.165, 1.54) is 24.5 Å². The summed E-state index contributed by atoms with van der Waals surface area (Å²) in [5, 5.41) is 3.25. The first-order valence-corrected chi connectivity index (χ1v) is 7.29. The molecular formula is C14H21BrClFN2. The second kappa shape index (κ2) is 8.20. The molecule has 0 atom stereocenters. The van der Waals surface area contributed by atoms with Crippen molar-refractivity contribution in [2.24, 2.45) is 5.92 Å². The highest BCUT2D eigenvalue weighted by Gasteiger charge is 2.19. The molecule has 108 valence electrons. The lowest BCUT2D eigenvalue weighted by molar-refractivity contribution is 0.176. The van der Waals surface area contributed by atoms with Gasteiger partial charge in [-0.3, -0.25) is 4.90 Å². The lowest BCUT2D eigenvalue weighted by Gasteiger charge is -2.32. The standard InChI is InChI=1S/C14H20BrFN2.ClH/c1-17-9-11-4-6-18(7-5-11)10-12-2-3-13(16)8-14(12)15;/h2-3,8,11,17H,4-7,9-10H2,1H3;1H. The molecule has 19 heavy (non-hydrogen) atoms. The third-order valence-corrected chi connectivity index (χ3v) is 4.35. The molecule has 0 aromatic heterocycles. The van der Waals surface area contributed by atoms with Crippen molar-refractivity contribution in [3.8, 4) is 0 Å². The van der Waals surface area contributed by atoms with Gasteiger partial charge in [0.15, 0.2) is 0 Å². The molecule has 2 nitrogen and oxygen atoms in total. The molecule has 1 aliphatic heterocycles. The van der Waals surface area contributed by atoms with E-state index in [2.05, 4.69) is 26.1 Å². The number of halogens is 3. The Kier molecular flexibility index (Phi) is 7.29. The predicted octanol–water partition coefficient (Wildman–Crippen LogP) is 3.44. The zero-order valence-corrected chi connectivity index (χ0v) is 13.6. The summed E-state index contributed by atoms with van der Waals surface area (Å²) in [7, 11) is 2.02. The molecule has 1 aromatic carbocycles. The molecule has 0 saturated carbocycles. The molecular weight excluding hydrogens is 331 g/mol. The number of piperidine rings is 1. The van der Waals surface area contributed by atoms with Gasteiger partial charge in [-0.1, -0.05) is 22.0 Å². The van der Waals surface area contributed by atoms with Crippen molar-refractivity contribution in [1.82, 2.24) is 10.2 Å². The molecule has 0 aliphatic carbocycles. The smallest absolute Gasteiger partial charge is 0.124 e. The first kappa shape index (κ1) is 16.9. The van der Waals surface area contributed by atoms with Crippen LogP contribution in [0.4, 0.5) is 4.39 Å². The Hall–Kier alpha value is -0.160. The molecule has 5 heteroatoms. The monoisotopic (exact) mass is 350 g/mol. The van der Waals surface area contributed by atoms with Crippen molar-refractivity contribution < 1.29 is 4.39 Å². The van der Waals surface area contributed by atoms with Gasteiger partial charge in [0.05, 0.1) is 0 Å². The molecule has 1 N–H and O–H groups in total. The molecule has 1 aromatic rings. The van der Waals surface area contributed by atoms with Crippen LogP contribution in [0.15, 0.2) is 22.7 Å². The number of nitrogens with one attached hydrogen (secondary N) is 1. The van der Waals surface area contributed by atoms with E-state index in [1.54, 1.807) is 6.07 Å². The Morgan fingerprint density at radius 3 is 2.63 bits per heavy atom. The van der Waals surface area contributed by atoms with Gasteiger partial charge in [-0.05, 0) is 63.1 Å². The van der Waals surface area contributed by atoms with Gasteiger partial charge in [0.2, 0.25) is 0 Å².